The van der Waals surface area contributed by atoms with Crippen LogP contribution < -0.4 is 10.1 Å². The molecular formula is C10H11N5O2. The molecule has 0 bridgehead atoms. The average molecular weight is 233 g/mol. The van der Waals surface area contributed by atoms with Gasteiger partial charge in [0.15, 0.2) is 0 Å². The van der Waals surface area contributed by atoms with Gasteiger partial charge in [0.2, 0.25) is 11.7 Å². The number of carbonyl (C=O) groups is 1. The second-order valence-electron chi connectivity index (χ2n) is 3.22. The van der Waals surface area contributed by atoms with Crippen molar-refractivity contribution in [1.82, 2.24) is 25.5 Å². The van der Waals surface area contributed by atoms with Gasteiger partial charge in [-0.3, -0.25) is 9.89 Å². The van der Waals surface area contributed by atoms with Crippen LogP contribution in [0.3, 0.4) is 0 Å². The van der Waals surface area contributed by atoms with E-state index in [4.69, 9.17) is 4.74 Å². The molecule has 88 valence electrons. The molecule has 2 aromatic rings. The molecule has 0 aliphatic rings. The van der Waals surface area contributed by atoms with Crippen LogP contribution >= 0.6 is 0 Å². The third-order valence-electron chi connectivity index (χ3n) is 2.09. The molecule has 17 heavy (non-hydrogen) atoms. The Labute approximate surface area is 97.2 Å². The fourth-order valence-electron chi connectivity index (χ4n) is 1.25. The summed E-state index contributed by atoms with van der Waals surface area (Å²) in [4.78, 5) is 19.3. The van der Waals surface area contributed by atoms with Crippen LogP contribution in [-0.2, 0) is 6.54 Å². The van der Waals surface area contributed by atoms with Crippen molar-refractivity contribution in [2.45, 2.75) is 6.54 Å². The zero-order valence-electron chi connectivity index (χ0n) is 9.17. The Morgan fingerprint density at radius 2 is 2.41 bits per heavy atom. The first kappa shape index (κ1) is 11.1. The van der Waals surface area contributed by atoms with Gasteiger partial charge in [-0.2, -0.15) is 5.10 Å². The van der Waals surface area contributed by atoms with Gasteiger partial charge in [-0.25, -0.2) is 9.97 Å². The molecule has 1 amide bonds. The van der Waals surface area contributed by atoms with Gasteiger partial charge in [0.05, 0.1) is 7.11 Å². The number of nitrogens with one attached hydrogen (secondary N) is 2. The van der Waals surface area contributed by atoms with Crippen molar-refractivity contribution in [3.63, 3.8) is 0 Å². The summed E-state index contributed by atoms with van der Waals surface area (Å²) >= 11 is 0. The molecule has 0 unspecified atom stereocenters. The number of rotatable bonds is 4. The van der Waals surface area contributed by atoms with Gasteiger partial charge in [-0.05, 0) is 11.6 Å². The number of hydrogen-bond acceptors (Lipinski definition) is 5. The standard InChI is InChI=1S/C10H11N5O2/c1-17-8-4-7(2-3-11-8)5-12-10(16)9-13-6-14-15-9/h2-4,6H,5H2,1H3,(H,12,16)(H,13,14,15). The van der Waals surface area contributed by atoms with E-state index in [1.54, 1.807) is 25.4 Å². The molecule has 0 aromatic carbocycles. The monoisotopic (exact) mass is 233 g/mol. The third-order valence-corrected chi connectivity index (χ3v) is 2.09. The number of carbonyl (C=O) groups excluding carboxylic acids is 1. The quantitative estimate of drug-likeness (QED) is 0.783. The Morgan fingerprint density at radius 1 is 1.53 bits per heavy atom. The van der Waals surface area contributed by atoms with Crippen LogP contribution in [0.4, 0.5) is 0 Å². The van der Waals surface area contributed by atoms with Crippen LogP contribution in [0.15, 0.2) is 24.7 Å². The molecule has 2 heterocycles. The molecule has 0 aliphatic heterocycles. The Balaban J connectivity index is 1.95. The van der Waals surface area contributed by atoms with E-state index in [1.807, 2.05) is 0 Å². The highest BCUT2D eigenvalue weighted by Crippen LogP contribution is 2.08. The second-order valence-corrected chi connectivity index (χ2v) is 3.22. The number of pyridine rings is 1. The van der Waals surface area contributed by atoms with Crippen molar-refractivity contribution >= 4 is 5.91 Å². The van der Waals surface area contributed by atoms with Crippen LogP contribution in [0.2, 0.25) is 0 Å². The Morgan fingerprint density at radius 3 is 3.12 bits per heavy atom. The van der Waals surface area contributed by atoms with Gasteiger partial charge in [0, 0.05) is 18.8 Å². The number of aromatic nitrogens is 4. The molecular weight excluding hydrogens is 222 g/mol. The van der Waals surface area contributed by atoms with Gasteiger partial charge in [0.1, 0.15) is 6.33 Å². The van der Waals surface area contributed by atoms with Crippen LogP contribution in [0.5, 0.6) is 5.88 Å². The van der Waals surface area contributed by atoms with Gasteiger partial charge in [-0.15, -0.1) is 0 Å². The van der Waals surface area contributed by atoms with Crippen LogP contribution in [0.25, 0.3) is 0 Å². The molecule has 0 fully saturated rings. The summed E-state index contributed by atoms with van der Waals surface area (Å²) in [5, 5.41) is 8.78. The second kappa shape index (κ2) is 5.06. The lowest BCUT2D eigenvalue weighted by molar-refractivity contribution is 0.0941. The predicted octanol–water partition coefficient (Wildman–Crippen LogP) is 0.138. The van der Waals surface area contributed by atoms with Gasteiger partial charge < -0.3 is 10.1 Å². The van der Waals surface area contributed by atoms with E-state index < -0.39 is 0 Å². The number of H-pyrrole nitrogens is 1. The smallest absolute Gasteiger partial charge is 0.288 e. The minimum Gasteiger partial charge on any atom is -0.481 e. The molecule has 7 nitrogen and oxygen atoms in total. The summed E-state index contributed by atoms with van der Waals surface area (Å²) in [5.74, 6) is 0.390. The van der Waals surface area contributed by atoms with Crippen molar-refractivity contribution in [3.8, 4) is 5.88 Å². The third kappa shape index (κ3) is 2.77. The minimum atomic E-state index is -0.307. The van der Waals surface area contributed by atoms with Crippen molar-refractivity contribution in [3.05, 3.63) is 36.0 Å². The van der Waals surface area contributed by atoms with E-state index in [1.165, 1.54) is 6.33 Å². The van der Waals surface area contributed by atoms with E-state index in [2.05, 4.69) is 25.5 Å². The van der Waals surface area contributed by atoms with Gasteiger partial charge in [0.25, 0.3) is 5.91 Å². The number of aromatic amines is 1. The van der Waals surface area contributed by atoms with E-state index in [0.717, 1.165) is 5.56 Å². The zero-order valence-corrected chi connectivity index (χ0v) is 9.17. The molecule has 0 saturated carbocycles. The summed E-state index contributed by atoms with van der Waals surface area (Å²) in [6.45, 7) is 0.373. The van der Waals surface area contributed by atoms with E-state index >= 15 is 0 Å². The first-order chi connectivity index (χ1) is 8.29. The summed E-state index contributed by atoms with van der Waals surface area (Å²) in [6, 6.07) is 3.55. The van der Waals surface area contributed by atoms with Crippen molar-refractivity contribution in [1.29, 1.82) is 0 Å². The summed E-state index contributed by atoms with van der Waals surface area (Å²) < 4.78 is 4.98. The average Bonchev–Trinajstić information content (AvgIpc) is 2.90. The summed E-state index contributed by atoms with van der Waals surface area (Å²) in [7, 11) is 1.54. The first-order valence-electron chi connectivity index (χ1n) is 4.92. The Kier molecular flexibility index (Phi) is 3.29. The number of hydrogen-bond donors (Lipinski definition) is 2. The fourth-order valence-corrected chi connectivity index (χ4v) is 1.25. The number of amides is 1. The first-order valence-corrected chi connectivity index (χ1v) is 4.92. The van der Waals surface area contributed by atoms with Gasteiger partial charge in [-0.1, -0.05) is 0 Å². The van der Waals surface area contributed by atoms with Crippen molar-refractivity contribution < 1.29 is 9.53 Å². The number of ether oxygens (including phenoxy) is 1. The van der Waals surface area contributed by atoms with E-state index in [-0.39, 0.29) is 11.7 Å². The van der Waals surface area contributed by atoms with Gasteiger partial charge >= 0.3 is 0 Å². The van der Waals surface area contributed by atoms with E-state index in [9.17, 15) is 4.79 Å². The molecule has 0 aliphatic carbocycles. The molecule has 2 rings (SSSR count). The molecule has 2 N–H and O–H groups in total. The molecule has 0 atom stereocenters. The summed E-state index contributed by atoms with van der Waals surface area (Å²) in [6.07, 6.45) is 2.90. The number of methoxy groups -OCH3 is 1. The maximum Gasteiger partial charge on any atom is 0.288 e. The van der Waals surface area contributed by atoms with Crippen LogP contribution in [-0.4, -0.2) is 33.2 Å². The highest BCUT2D eigenvalue weighted by Gasteiger charge is 2.07. The van der Waals surface area contributed by atoms with Crippen LogP contribution in [0, 0.1) is 0 Å². The lowest BCUT2D eigenvalue weighted by Crippen LogP contribution is -2.24. The summed E-state index contributed by atoms with van der Waals surface area (Å²) in [5.41, 5.74) is 0.893. The predicted molar refractivity (Wildman–Crippen MR) is 58.3 cm³/mol. The zero-order chi connectivity index (χ0) is 12.1. The molecule has 0 radical (unpaired) electrons. The maximum atomic E-state index is 11.5. The molecule has 0 saturated heterocycles. The Bertz CT molecular complexity index is 497. The lowest BCUT2D eigenvalue weighted by Gasteiger charge is -2.04. The normalized spacial score (nSPS) is 9.94. The fraction of sp³-hybridized carbons (Fsp3) is 0.200. The minimum absolute atomic E-state index is 0.186. The highest BCUT2D eigenvalue weighted by atomic mass is 16.5. The topological polar surface area (TPSA) is 92.8 Å². The molecule has 0 spiro atoms. The lowest BCUT2D eigenvalue weighted by atomic mass is 10.2. The number of nitrogens with zero attached hydrogens (tertiary/aromatic N) is 3. The SMILES string of the molecule is COc1cc(CNC(=O)c2ncn[nH]2)ccn1. The highest BCUT2D eigenvalue weighted by molar-refractivity contribution is 5.90. The van der Waals surface area contributed by atoms with Crippen LogP contribution in [0.1, 0.15) is 16.2 Å². The van der Waals surface area contributed by atoms with E-state index in [0.29, 0.717) is 12.4 Å². The molecule has 7 heteroatoms. The van der Waals surface area contributed by atoms with Crippen molar-refractivity contribution in [2.24, 2.45) is 0 Å². The largest absolute Gasteiger partial charge is 0.481 e. The maximum absolute atomic E-state index is 11.5. The Hall–Kier alpha value is -2.44. The van der Waals surface area contributed by atoms with Crippen molar-refractivity contribution in [2.75, 3.05) is 7.11 Å². The molecule has 2 aromatic heterocycles.